The molecule has 3 aliphatic heterocycles. The predicted octanol–water partition coefficient (Wildman–Crippen LogP) is 4.52. The van der Waals surface area contributed by atoms with E-state index in [1.54, 1.807) is 0 Å². The molecule has 0 unspecified atom stereocenters. The largest absolute Gasteiger partial charge is 0.478 e. The van der Waals surface area contributed by atoms with Crippen molar-refractivity contribution in [2.75, 3.05) is 19.8 Å². The second kappa shape index (κ2) is 6.98. The van der Waals surface area contributed by atoms with E-state index in [4.69, 9.17) is 29.2 Å². The van der Waals surface area contributed by atoms with E-state index in [2.05, 4.69) is 62.3 Å². The highest BCUT2D eigenvalue weighted by Gasteiger charge is 2.54. The zero-order valence-electron chi connectivity index (χ0n) is 19.9. The lowest BCUT2D eigenvalue weighted by molar-refractivity contribution is 0.207. The highest BCUT2D eigenvalue weighted by atomic mass is 16.5. The SMILES string of the molecule is CC(C1=N[C@@H](C(C)(C)C)CO1)(C1=N[C@@H](C(C)(C)C)CO1)C1=N[C@@H](C(C)(C)C)CO1. The Balaban J connectivity index is 2.04. The Kier molecular flexibility index (Phi) is 5.32. The van der Waals surface area contributed by atoms with Gasteiger partial charge in [-0.1, -0.05) is 62.3 Å². The zero-order chi connectivity index (χ0) is 21.8. The molecule has 0 radical (unpaired) electrons. The summed E-state index contributed by atoms with van der Waals surface area (Å²) in [6.07, 6.45) is 0. The van der Waals surface area contributed by atoms with Crippen molar-refractivity contribution in [2.45, 2.75) is 87.4 Å². The second-order valence-corrected chi connectivity index (χ2v) is 12.0. The average molecular weight is 406 g/mol. The minimum absolute atomic E-state index is 0.0151. The summed E-state index contributed by atoms with van der Waals surface area (Å²) in [5.41, 5.74) is -0.788. The first-order chi connectivity index (χ1) is 13.1. The smallest absolute Gasteiger partial charge is 0.209 e. The monoisotopic (exact) mass is 405 g/mol. The Hall–Kier alpha value is -1.59. The molecule has 29 heavy (non-hydrogen) atoms. The van der Waals surface area contributed by atoms with Crippen LogP contribution in [0.25, 0.3) is 0 Å². The molecule has 0 saturated carbocycles. The third kappa shape index (κ3) is 4.17. The third-order valence-corrected chi connectivity index (χ3v) is 6.24. The average Bonchev–Trinajstić information content (AvgIpc) is 3.30. The van der Waals surface area contributed by atoms with Crippen LogP contribution in [0.5, 0.6) is 0 Å². The first-order valence-electron chi connectivity index (χ1n) is 10.8. The molecule has 0 N–H and O–H groups in total. The van der Waals surface area contributed by atoms with Crippen LogP contribution in [0.15, 0.2) is 15.0 Å². The first kappa shape index (κ1) is 22.1. The lowest BCUT2D eigenvalue weighted by Crippen LogP contribution is -2.44. The van der Waals surface area contributed by atoms with Crippen LogP contribution in [-0.2, 0) is 14.2 Å². The molecular weight excluding hydrogens is 366 g/mol. The number of hydrogen-bond acceptors (Lipinski definition) is 6. The summed E-state index contributed by atoms with van der Waals surface area (Å²) in [6.45, 7) is 23.4. The van der Waals surface area contributed by atoms with Crippen LogP contribution < -0.4 is 0 Å². The van der Waals surface area contributed by atoms with Crippen molar-refractivity contribution < 1.29 is 14.2 Å². The van der Waals surface area contributed by atoms with Gasteiger partial charge in [0.1, 0.15) is 19.8 Å². The minimum atomic E-state index is -0.833. The quantitative estimate of drug-likeness (QED) is 0.693. The molecular formula is C23H39N3O3. The third-order valence-electron chi connectivity index (χ3n) is 6.24. The number of hydrogen-bond donors (Lipinski definition) is 0. The van der Waals surface area contributed by atoms with Crippen molar-refractivity contribution in [2.24, 2.45) is 36.6 Å². The zero-order valence-corrected chi connectivity index (χ0v) is 19.9. The van der Waals surface area contributed by atoms with Crippen LogP contribution in [0.1, 0.15) is 69.2 Å². The summed E-state index contributed by atoms with van der Waals surface area (Å²) in [4.78, 5) is 14.9. The van der Waals surface area contributed by atoms with E-state index < -0.39 is 5.41 Å². The van der Waals surface area contributed by atoms with Crippen molar-refractivity contribution in [1.82, 2.24) is 0 Å². The van der Waals surface area contributed by atoms with Crippen LogP contribution in [0.4, 0.5) is 0 Å². The van der Waals surface area contributed by atoms with Crippen LogP contribution in [0, 0.1) is 21.7 Å². The fourth-order valence-corrected chi connectivity index (χ4v) is 3.55. The first-order valence-corrected chi connectivity index (χ1v) is 10.8. The van der Waals surface area contributed by atoms with Crippen molar-refractivity contribution in [3.63, 3.8) is 0 Å². The van der Waals surface area contributed by atoms with Crippen molar-refractivity contribution in [1.29, 1.82) is 0 Å². The molecule has 0 fully saturated rings. The van der Waals surface area contributed by atoms with Gasteiger partial charge in [0.25, 0.3) is 0 Å². The molecule has 0 amide bonds. The molecule has 0 aromatic carbocycles. The van der Waals surface area contributed by atoms with Gasteiger partial charge in [0.05, 0.1) is 18.1 Å². The molecule has 6 nitrogen and oxygen atoms in total. The van der Waals surface area contributed by atoms with Gasteiger partial charge in [-0.3, -0.25) is 0 Å². The molecule has 0 aromatic rings. The Morgan fingerprint density at radius 3 is 0.931 bits per heavy atom. The molecule has 0 aromatic heterocycles. The highest BCUT2D eigenvalue weighted by molar-refractivity contribution is 6.23. The maximum absolute atomic E-state index is 6.15. The molecule has 3 rings (SSSR count). The molecule has 164 valence electrons. The maximum Gasteiger partial charge on any atom is 0.209 e. The van der Waals surface area contributed by atoms with Gasteiger partial charge in [-0.05, 0) is 23.2 Å². The normalized spacial score (nSPS) is 28.3. The summed E-state index contributed by atoms with van der Waals surface area (Å²) in [6, 6.07) is 0.243. The van der Waals surface area contributed by atoms with Crippen molar-refractivity contribution in [3.8, 4) is 0 Å². The molecule has 0 bridgehead atoms. The maximum atomic E-state index is 6.15. The van der Waals surface area contributed by atoms with Gasteiger partial charge >= 0.3 is 0 Å². The van der Waals surface area contributed by atoms with Gasteiger partial charge in [-0.25, -0.2) is 15.0 Å². The van der Waals surface area contributed by atoms with E-state index in [0.29, 0.717) is 37.5 Å². The van der Waals surface area contributed by atoms with Crippen LogP contribution in [0.2, 0.25) is 0 Å². The standard InChI is InChI=1S/C23H39N3O3/c1-20(2,3)14-11-27-17(24-14)23(10,18-25-15(12-28-18)21(4,5)6)19-26-16(13-29-19)22(7,8)9/h14-16H,11-13H2,1-10H3/t14-,15-,16-/m1/s1. The predicted molar refractivity (Wildman–Crippen MR) is 118 cm³/mol. The molecule has 0 aliphatic carbocycles. The molecule has 0 saturated heterocycles. The Morgan fingerprint density at radius 2 is 0.759 bits per heavy atom. The second-order valence-electron chi connectivity index (χ2n) is 12.0. The van der Waals surface area contributed by atoms with Gasteiger partial charge in [0, 0.05) is 0 Å². The highest BCUT2D eigenvalue weighted by Crippen LogP contribution is 2.39. The Morgan fingerprint density at radius 1 is 0.517 bits per heavy atom. The van der Waals surface area contributed by atoms with E-state index in [1.165, 1.54) is 0 Å². The van der Waals surface area contributed by atoms with E-state index in [0.717, 1.165) is 0 Å². The summed E-state index contributed by atoms with van der Waals surface area (Å²) in [5.74, 6) is 1.83. The van der Waals surface area contributed by atoms with Crippen LogP contribution in [-0.4, -0.2) is 55.6 Å². The number of ether oxygens (including phenoxy) is 3. The fraction of sp³-hybridized carbons (Fsp3) is 0.870. The molecule has 3 aliphatic rings. The van der Waals surface area contributed by atoms with Gasteiger partial charge in [0.2, 0.25) is 17.7 Å². The topological polar surface area (TPSA) is 64.8 Å². The number of aliphatic imine (C=N–C) groups is 3. The molecule has 0 spiro atoms. The Labute approximate surface area is 176 Å². The molecule has 3 heterocycles. The molecule has 6 heteroatoms. The number of rotatable bonds is 3. The van der Waals surface area contributed by atoms with Gasteiger partial charge in [0.15, 0.2) is 5.41 Å². The van der Waals surface area contributed by atoms with E-state index in [9.17, 15) is 0 Å². The fourth-order valence-electron chi connectivity index (χ4n) is 3.55. The number of nitrogens with zero attached hydrogens (tertiary/aromatic N) is 3. The van der Waals surface area contributed by atoms with Crippen LogP contribution in [0.3, 0.4) is 0 Å². The summed E-state index contributed by atoms with van der Waals surface area (Å²) in [7, 11) is 0. The minimum Gasteiger partial charge on any atom is -0.478 e. The summed E-state index contributed by atoms with van der Waals surface area (Å²) >= 11 is 0. The summed E-state index contributed by atoms with van der Waals surface area (Å²) < 4.78 is 18.5. The van der Waals surface area contributed by atoms with E-state index >= 15 is 0 Å². The van der Waals surface area contributed by atoms with Crippen molar-refractivity contribution >= 4 is 17.7 Å². The van der Waals surface area contributed by atoms with Crippen LogP contribution >= 0.6 is 0 Å². The van der Waals surface area contributed by atoms with Gasteiger partial charge in [-0.2, -0.15) is 0 Å². The molecule has 3 atom stereocenters. The lowest BCUT2D eigenvalue weighted by Gasteiger charge is -2.27. The lowest BCUT2D eigenvalue weighted by atomic mass is 9.86. The Bertz CT molecular complexity index is 634. The van der Waals surface area contributed by atoms with E-state index in [-0.39, 0.29) is 34.4 Å². The van der Waals surface area contributed by atoms with Gasteiger partial charge < -0.3 is 14.2 Å². The summed E-state index contributed by atoms with van der Waals surface area (Å²) in [5, 5.41) is 0. The van der Waals surface area contributed by atoms with E-state index in [1.807, 2.05) is 6.92 Å². The van der Waals surface area contributed by atoms with Gasteiger partial charge in [-0.15, -0.1) is 0 Å². The van der Waals surface area contributed by atoms with Crippen molar-refractivity contribution in [3.05, 3.63) is 0 Å².